The number of alkyl halides is 3. The van der Waals surface area contributed by atoms with E-state index in [0.29, 0.717) is 18.0 Å². The summed E-state index contributed by atoms with van der Waals surface area (Å²) in [6, 6.07) is 14.6. The summed E-state index contributed by atoms with van der Waals surface area (Å²) in [5, 5.41) is 5.79. The average molecular weight is 501 g/mol. The van der Waals surface area contributed by atoms with Crippen LogP contribution >= 0.6 is 0 Å². The van der Waals surface area contributed by atoms with Gasteiger partial charge in [0.1, 0.15) is 17.1 Å². The monoisotopic (exact) mass is 500 g/mol. The van der Waals surface area contributed by atoms with Crippen LogP contribution in [0.5, 0.6) is 5.75 Å². The molecule has 0 saturated heterocycles. The molecule has 0 bridgehead atoms. The van der Waals surface area contributed by atoms with Crippen LogP contribution in [0.2, 0.25) is 0 Å². The van der Waals surface area contributed by atoms with E-state index in [2.05, 4.69) is 34.4 Å². The van der Waals surface area contributed by atoms with Gasteiger partial charge in [0.25, 0.3) is 0 Å². The van der Waals surface area contributed by atoms with Gasteiger partial charge >= 0.3 is 6.18 Å². The third-order valence-corrected chi connectivity index (χ3v) is 5.76. The molecule has 36 heavy (non-hydrogen) atoms. The molecule has 0 aliphatic heterocycles. The Morgan fingerprint density at radius 2 is 1.42 bits per heavy atom. The Balaban J connectivity index is 1.67. The number of aromatic nitrogens is 2. The summed E-state index contributed by atoms with van der Waals surface area (Å²) in [4.78, 5) is 8.01. The van der Waals surface area contributed by atoms with Crippen LogP contribution in [-0.4, -0.2) is 16.6 Å². The largest absolute Gasteiger partial charge is 0.494 e. The number of anilines is 4. The van der Waals surface area contributed by atoms with E-state index in [9.17, 15) is 13.2 Å². The van der Waals surface area contributed by atoms with Gasteiger partial charge in [-0.15, -0.1) is 0 Å². The van der Waals surface area contributed by atoms with E-state index in [1.807, 2.05) is 24.3 Å². The molecule has 0 fully saturated rings. The van der Waals surface area contributed by atoms with E-state index >= 15 is 0 Å². The standard InChI is InChI=1S/C28H35F3N4O/c1-3-5-7-9-19-36-24-17-15-23(16-18-24)34-27-32-20-25(28(29,30)31)26(35-27)33-22-13-11-21(12-14-22)10-8-6-4-2/h11-18,20H,3-10,19H2,1-2H3,(H2,32,33,34,35). The van der Waals surface area contributed by atoms with Gasteiger partial charge in [0.2, 0.25) is 5.95 Å². The van der Waals surface area contributed by atoms with Crippen LogP contribution in [0.1, 0.15) is 69.9 Å². The van der Waals surface area contributed by atoms with Gasteiger partial charge in [-0.3, -0.25) is 0 Å². The fourth-order valence-electron chi connectivity index (χ4n) is 3.70. The summed E-state index contributed by atoms with van der Waals surface area (Å²) < 4.78 is 46.6. The van der Waals surface area contributed by atoms with Crippen molar-refractivity contribution in [1.82, 2.24) is 9.97 Å². The van der Waals surface area contributed by atoms with Crippen molar-refractivity contribution in [3.05, 3.63) is 65.9 Å². The number of hydrogen-bond donors (Lipinski definition) is 2. The number of rotatable bonds is 14. The Morgan fingerprint density at radius 1 is 0.778 bits per heavy atom. The molecule has 0 aliphatic rings. The Kier molecular flexibility index (Phi) is 10.4. The predicted molar refractivity (Wildman–Crippen MR) is 139 cm³/mol. The van der Waals surface area contributed by atoms with E-state index in [4.69, 9.17) is 4.74 Å². The fraction of sp³-hybridized carbons (Fsp3) is 0.429. The number of ether oxygens (including phenoxy) is 1. The summed E-state index contributed by atoms with van der Waals surface area (Å²) in [6.45, 7) is 4.97. The van der Waals surface area contributed by atoms with Crippen molar-refractivity contribution >= 4 is 23.1 Å². The molecule has 3 rings (SSSR count). The van der Waals surface area contributed by atoms with Crippen LogP contribution < -0.4 is 15.4 Å². The molecule has 0 amide bonds. The molecular formula is C28H35F3N4O. The minimum atomic E-state index is -4.59. The Hall–Kier alpha value is -3.29. The molecule has 0 spiro atoms. The van der Waals surface area contributed by atoms with Gasteiger partial charge in [-0.05, 0) is 61.2 Å². The first-order valence-electron chi connectivity index (χ1n) is 12.7. The lowest BCUT2D eigenvalue weighted by atomic mass is 10.1. The number of benzene rings is 2. The molecular weight excluding hydrogens is 465 g/mol. The summed E-state index contributed by atoms with van der Waals surface area (Å²) >= 11 is 0. The quantitative estimate of drug-likeness (QED) is 0.217. The third-order valence-electron chi connectivity index (χ3n) is 5.76. The Labute approximate surface area is 211 Å². The zero-order valence-corrected chi connectivity index (χ0v) is 21.0. The van der Waals surface area contributed by atoms with E-state index < -0.39 is 11.7 Å². The van der Waals surface area contributed by atoms with Crippen molar-refractivity contribution in [2.45, 2.75) is 71.4 Å². The fourth-order valence-corrected chi connectivity index (χ4v) is 3.70. The van der Waals surface area contributed by atoms with Gasteiger partial charge in [-0.25, -0.2) is 4.98 Å². The number of nitrogens with zero attached hydrogens (tertiary/aromatic N) is 2. The van der Waals surface area contributed by atoms with Crippen LogP contribution in [0.4, 0.5) is 36.3 Å². The van der Waals surface area contributed by atoms with E-state index in [-0.39, 0.29) is 11.8 Å². The molecule has 2 aromatic carbocycles. The van der Waals surface area contributed by atoms with Gasteiger partial charge in [0.15, 0.2) is 0 Å². The van der Waals surface area contributed by atoms with Crippen molar-refractivity contribution in [1.29, 1.82) is 0 Å². The summed E-state index contributed by atoms with van der Waals surface area (Å²) in [5.41, 5.74) is 1.41. The van der Waals surface area contributed by atoms with Crippen molar-refractivity contribution in [2.24, 2.45) is 0 Å². The van der Waals surface area contributed by atoms with Gasteiger partial charge in [-0.1, -0.05) is 58.1 Å². The Morgan fingerprint density at radius 3 is 2.08 bits per heavy atom. The summed E-state index contributed by atoms with van der Waals surface area (Å²) in [5.74, 6) is 0.506. The molecule has 8 heteroatoms. The zero-order chi connectivity index (χ0) is 25.8. The lowest BCUT2D eigenvalue weighted by molar-refractivity contribution is -0.137. The number of nitrogens with one attached hydrogen (secondary N) is 2. The highest BCUT2D eigenvalue weighted by atomic mass is 19.4. The first kappa shape index (κ1) is 27.3. The second-order valence-corrected chi connectivity index (χ2v) is 8.79. The molecule has 194 valence electrons. The van der Waals surface area contributed by atoms with Crippen molar-refractivity contribution in [3.8, 4) is 5.75 Å². The van der Waals surface area contributed by atoms with Crippen LogP contribution in [0.3, 0.4) is 0 Å². The first-order chi connectivity index (χ1) is 17.4. The zero-order valence-electron chi connectivity index (χ0n) is 21.0. The van der Waals surface area contributed by atoms with E-state index in [0.717, 1.165) is 56.0 Å². The normalized spacial score (nSPS) is 11.4. The molecule has 0 aliphatic carbocycles. The van der Waals surface area contributed by atoms with Crippen LogP contribution in [0.25, 0.3) is 0 Å². The first-order valence-corrected chi connectivity index (χ1v) is 12.7. The summed E-state index contributed by atoms with van der Waals surface area (Å²) in [7, 11) is 0. The molecule has 0 unspecified atom stereocenters. The van der Waals surface area contributed by atoms with Gasteiger partial charge in [-0.2, -0.15) is 18.2 Å². The summed E-state index contributed by atoms with van der Waals surface area (Å²) in [6.07, 6.45) is 5.06. The number of unbranched alkanes of at least 4 members (excludes halogenated alkanes) is 5. The molecule has 0 atom stereocenters. The average Bonchev–Trinajstić information content (AvgIpc) is 2.86. The van der Waals surface area contributed by atoms with Gasteiger partial charge in [0.05, 0.1) is 6.61 Å². The highest BCUT2D eigenvalue weighted by Crippen LogP contribution is 2.35. The minimum Gasteiger partial charge on any atom is -0.494 e. The van der Waals surface area contributed by atoms with Crippen LogP contribution in [0, 0.1) is 0 Å². The van der Waals surface area contributed by atoms with Gasteiger partial charge < -0.3 is 15.4 Å². The minimum absolute atomic E-state index is 0.0647. The number of halogens is 3. The SMILES string of the molecule is CCCCCCOc1ccc(Nc2ncc(C(F)(F)F)c(Nc3ccc(CCCCC)cc3)n2)cc1. The maximum Gasteiger partial charge on any atom is 0.421 e. The predicted octanol–water partition coefficient (Wildman–Crippen LogP) is 8.67. The van der Waals surface area contributed by atoms with Crippen LogP contribution in [-0.2, 0) is 12.6 Å². The topological polar surface area (TPSA) is 59.1 Å². The molecule has 1 heterocycles. The maximum absolute atomic E-state index is 13.6. The lowest BCUT2D eigenvalue weighted by Crippen LogP contribution is -2.12. The molecule has 0 radical (unpaired) electrons. The lowest BCUT2D eigenvalue weighted by Gasteiger charge is -2.15. The smallest absolute Gasteiger partial charge is 0.421 e. The van der Waals surface area contributed by atoms with Crippen molar-refractivity contribution in [3.63, 3.8) is 0 Å². The third kappa shape index (κ3) is 8.73. The van der Waals surface area contributed by atoms with Gasteiger partial charge in [0, 0.05) is 17.6 Å². The molecule has 1 aromatic heterocycles. The molecule has 5 nitrogen and oxygen atoms in total. The second kappa shape index (κ2) is 13.7. The maximum atomic E-state index is 13.6. The molecule has 0 saturated carbocycles. The molecule has 3 aromatic rings. The number of hydrogen-bond acceptors (Lipinski definition) is 5. The van der Waals surface area contributed by atoms with Crippen LogP contribution in [0.15, 0.2) is 54.7 Å². The molecule has 2 N–H and O–H groups in total. The number of aryl methyl sites for hydroxylation is 1. The van der Waals surface area contributed by atoms with Crippen molar-refractivity contribution in [2.75, 3.05) is 17.2 Å². The highest BCUT2D eigenvalue weighted by molar-refractivity contribution is 5.63. The van der Waals surface area contributed by atoms with Crippen molar-refractivity contribution < 1.29 is 17.9 Å². The van der Waals surface area contributed by atoms with E-state index in [1.165, 1.54) is 12.8 Å². The Bertz CT molecular complexity index is 1050. The highest BCUT2D eigenvalue weighted by Gasteiger charge is 2.35. The second-order valence-electron chi connectivity index (χ2n) is 8.79. The van der Waals surface area contributed by atoms with E-state index in [1.54, 1.807) is 24.3 Å².